The highest BCUT2D eigenvalue weighted by Gasteiger charge is 2.52. The number of allylic oxidation sites excluding steroid dienone is 1. The fourth-order valence-electron chi connectivity index (χ4n) is 1.86. The third-order valence-corrected chi connectivity index (χ3v) is 4.88. The number of aliphatic carboxylic acids is 1. The lowest BCUT2D eigenvalue weighted by Crippen LogP contribution is -2.58. The Bertz CT molecular complexity index is 389. The van der Waals surface area contributed by atoms with Gasteiger partial charge >= 0.3 is 5.97 Å². The molecular weight excluding hydrogens is 226 g/mol. The number of amides is 1. The van der Waals surface area contributed by atoms with Gasteiger partial charge in [-0.2, -0.15) is 0 Å². The summed E-state index contributed by atoms with van der Waals surface area (Å²) in [6.45, 7) is 2.06. The Morgan fingerprint density at radius 2 is 2.50 bits per heavy atom. The number of carboxylic acid groups (broad SMARTS) is 1. The van der Waals surface area contributed by atoms with E-state index < -0.39 is 5.97 Å². The van der Waals surface area contributed by atoms with E-state index >= 15 is 0 Å². The van der Waals surface area contributed by atoms with E-state index in [4.69, 9.17) is 5.11 Å². The van der Waals surface area contributed by atoms with E-state index in [2.05, 4.69) is 18.4 Å². The summed E-state index contributed by atoms with van der Waals surface area (Å²) in [6, 6.07) is 0. The summed E-state index contributed by atoms with van der Waals surface area (Å²) in [5, 5.41) is 11.2. The fraction of sp³-hybridized carbons (Fsp3) is 0.455. The molecule has 2 heterocycles. The maximum atomic E-state index is 11.4. The van der Waals surface area contributed by atoms with Crippen LogP contribution in [0.3, 0.4) is 0 Å². The highest BCUT2D eigenvalue weighted by molar-refractivity contribution is 8.00. The summed E-state index contributed by atoms with van der Waals surface area (Å²) >= 11 is 0. The molecule has 1 N–H and O–H groups in total. The molecule has 1 saturated heterocycles. The van der Waals surface area contributed by atoms with Gasteiger partial charge < -0.3 is 5.11 Å². The number of hydrogen-bond donors (Lipinski definition) is 1. The van der Waals surface area contributed by atoms with Crippen LogP contribution in [-0.2, 0) is 20.5 Å². The van der Waals surface area contributed by atoms with Gasteiger partial charge in [-0.25, -0.2) is 4.79 Å². The zero-order chi connectivity index (χ0) is 11.7. The van der Waals surface area contributed by atoms with E-state index in [1.807, 2.05) is 0 Å². The number of β-lactam (4-membered cyclic amide) rings is 1. The highest BCUT2D eigenvalue weighted by Crippen LogP contribution is 2.34. The van der Waals surface area contributed by atoms with Crippen LogP contribution in [0, 0.1) is 0 Å². The normalized spacial score (nSPS) is 28.7. The molecule has 2 aliphatic rings. The monoisotopic (exact) mass is 240 g/mol. The number of rotatable bonds is 3. The molecule has 0 radical (unpaired) electrons. The molecule has 0 aromatic heterocycles. The highest BCUT2D eigenvalue weighted by atomic mass is 32.2. The first kappa shape index (κ1) is 11.3. The minimum atomic E-state index is -0.999. The van der Waals surface area contributed by atoms with Gasteiger partial charge in [0, 0.05) is 10.9 Å². The maximum Gasteiger partial charge on any atom is 0.352 e. The molecule has 0 bridgehead atoms. The molecule has 0 aliphatic carbocycles. The average molecular weight is 240 g/mol. The molecule has 1 unspecified atom stereocenters. The zero-order valence-electron chi connectivity index (χ0n) is 9.05. The lowest BCUT2D eigenvalue weighted by atomic mass is 10.1. The van der Waals surface area contributed by atoms with Gasteiger partial charge in [0.25, 0.3) is 0 Å². The molecular formula is C11H14NO3S+. The van der Waals surface area contributed by atoms with E-state index in [9.17, 15) is 9.59 Å². The van der Waals surface area contributed by atoms with Gasteiger partial charge in [-0.1, -0.05) is 6.92 Å². The van der Waals surface area contributed by atoms with Crippen molar-refractivity contribution in [3.63, 3.8) is 0 Å². The van der Waals surface area contributed by atoms with Gasteiger partial charge in [-0.05, 0) is 18.6 Å². The van der Waals surface area contributed by atoms with Crippen molar-refractivity contribution in [1.29, 1.82) is 0 Å². The summed E-state index contributed by atoms with van der Waals surface area (Å²) in [5.74, 6) is -0.325. The molecule has 16 heavy (non-hydrogen) atoms. The van der Waals surface area contributed by atoms with Crippen molar-refractivity contribution in [2.75, 3.05) is 5.75 Å². The third kappa shape index (κ3) is 1.75. The first-order valence-corrected chi connectivity index (χ1v) is 6.77. The summed E-state index contributed by atoms with van der Waals surface area (Å²) in [5.41, 5.74) is 0.162. The Balaban J connectivity index is 2.19. The minimum absolute atomic E-state index is 0.00569. The molecule has 0 aromatic carbocycles. The van der Waals surface area contributed by atoms with Gasteiger partial charge in [0.05, 0.1) is 6.42 Å². The summed E-state index contributed by atoms with van der Waals surface area (Å²) < 4.78 is 0. The van der Waals surface area contributed by atoms with Crippen molar-refractivity contribution in [2.24, 2.45) is 0 Å². The molecule has 1 amide bonds. The van der Waals surface area contributed by atoms with Crippen LogP contribution in [0.2, 0.25) is 0 Å². The number of carbonyl (C=O) groups is 2. The topological polar surface area (TPSA) is 57.6 Å². The molecule has 86 valence electrons. The molecule has 2 aliphatic heterocycles. The molecule has 5 heteroatoms. The van der Waals surface area contributed by atoms with E-state index in [0.29, 0.717) is 6.42 Å². The smallest absolute Gasteiger partial charge is 0.352 e. The zero-order valence-corrected chi connectivity index (χ0v) is 9.87. The van der Waals surface area contributed by atoms with Crippen molar-refractivity contribution in [1.82, 2.24) is 4.90 Å². The molecule has 2 rings (SSSR count). The van der Waals surface area contributed by atoms with E-state index in [-0.39, 0.29) is 27.9 Å². The Morgan fingerprint density at radius 1 is 1.75 bits per heavy atom. The number of hydrogen-bond acceptors (Lipinski definition) is 2. The second-order valence-corrected chi connectivity index (χ2v) is 5.82. The summed E-state index contributed by atoms with van der Waals surface area (Å²) in [7, 11) is -0.00569. The van der Waals surface area contributed by atoms with Crippen LogP contribution >= 0.6 is 0 Å². The Kier molecular flexibility index (Phi) is 3.05. The van der Waals surface area contributed by atoms with Crippen LogP contribution in [0.5, 0.6) is 0 Å². The largest absolute Gasteiger partial charge is 0.477 e. The van der Waals surface area contributed by atoms with Gasteiger partial charge in [0.15, 0.2) is 0 Å². The number of nitrogens with zero attached hydrogens (tertiary/aromatic N) is 1. The Hall–Kier alpha value is -1.23. The standard InChI is InChI=1S/C11H13NO3S/c1-2-3-5-16-6-4-8(11(14)15)12-9(13)7-10(12)16/h3-5,10H,2,6-7H2,1H3/p+1/b5-3-/t10-,16?/m1/s1. The lowest BCUT2D eigenvalue weighted by molar-refractivity contribution is -0.146. The minimum Gasteiger partial charge on any atom is -0.477 e. The fourth-order valence-corrected chi connectivity index (χ4v) is 4.02. The van der Waals surface area contributed by atoms with Crippen LogP contribution in [0.25, 0.3) is 0 Å². The molecule has 1 fully saturated rings. The number of carboxylic acids is 1. The maximum absolute atomic E-state index is 11.4. The molecule has 0 spiro atoms. The van der Waals surface area contributed by atoms with Crippen molar-refractivity contribution in [3.8, 4) is 0 Å². The SMILES string of the molecule is CC/C=C\[S+]1CC=C(C(=O)O)N2C(=O)C[C@H]21. The van der Waals surface area contributed by atoms with Gasteiger partial charge in [0.2, 0.25) is 11.3 Å². The van der Waals surface area contributed by atoms with Crippen LogP contribution in [0.4, 0.5) is 0 Å². The lowest BCUT2D eigenvalue weighted by Gasteiger charge is -2.40. The molecule has 4 nitrogen and oxygen atoms in total. The number of carbonyl (C=O) groups excluding carboxylic acids is 1. The van der Waals surface area contributed by atoms with Crippen molar-refractivity contribution in [2.45, 2.75) is 25.1 Å². The average Bonchev–Trinajstić information content (AvgIpc) is 2.24. The van der Waals surface area contributed by atoms with Crippen LogP contribution in [-0.4, -0.2) is 33.0 Å². The predicted octanol–water partition coefficient (Wildman–Crippen LogP) is 1.07. The van der Waals surface area contributed by atoms with E-state index in [1.54, 1.807) is 6.08 Å². The second kappa shape index (κ2) is 4.33. The van der Waals surface area contributed by atoms with E-state index in [0.717, 1.165) is 12.2 Å². The van der Waals surface area contributed by atoms with Gasteiger partial charge in [0.1, 0.15) is 16.9 Å². The van der Waals surface area contributed by atoms with Crippen LogP contribution in [0.15, 0.2) is 23.3 Å². The summed E-state index contributed by atoms with van der Waals surface area (Å²) in [4.78, 5) is 23.8. The molecule has 0 saturated carbocycles. The first-order chi connectivity index (χ1) is 7.65. The van der Waals surface area contributed by atoms with Crippen molar-refractivity contribution >= 4 is 22.8 Å². The second-order valence-electron chi connectivity index (χ2n) is 3.73. The van der Waals surface area contributed by atoms with E-state index in [1.165, 1.54) is 4.90 Å². The van der Waals surface area contributed by atoms with Crippen molar-refractivity contribution in [3.05, 3.63) is 23.3 Å². The van der Waals surface area contributed by atoms with Crippen LogP contribution < -0.4 is 0 Å². The third-order valence-electron chi connectivity index (χ3n) is 2.71. The number of fused-ring (bicyclic) bond motifs is 1. The Labute approximate surface area is 97.0 Å². The predicted molar refractivity (Wildman–Crippen MR) is 62.6 cm³/mol. The summed E-state index contributed by atoms with van der Waals surface area (Å²) in [6.07, 6.45) is 5.21. The van der Waals surface area contributed by atoms with Crippen LogP contribution in [0.1, 0.15) is 19.8 Å². The first-order valence-electron chi connectivity index (χ1n) is 5.25. The van der Waals surface area contributed by atoms with Gasteiger partial charge in [-0.15, -0.1) is 0 Å². The Morgan fingerprint density at radius 3 is 3.06 bits per heavy atom. The quantitative estimate of drug-likeness (QED) is 0.593. The van der Waals surface area contributed by atoms with Crippen molar-refractivity contribution < 1.29 is 14.7 Å². The van der Waals surface area contributed by atoms with Gasteiger partial charge in [-0.3, -0.25) is 9.69 Å². The molecule has 0 aromatic rings. The molecule has 2 atom stereocenters.